The summed E-state index contributed by atoms with van der Waals surface area (Å²) in [6.45, 7) is 4.57. The van der Waals surface area contributed by atoms with Crippen molar-refractivity contribution in [1.82, 2.24) is 19.9 Å². The molecule has 0 spiro atoms. The number of carbonyl (C=O) groups excluding carboxylic acids is 1. The van der Waals surface area contributed by atoms with Gasteiger partial charge in [0.1, 0.15) is 34.6 Å². The van der Waals surface area contributed by atoms with Crippen LogP contribution >= 0.6 is 11.6 Å². The van der Waals surface area contributed by atoms with Crippen molar-refractivity contribution in [1.29, 1.82) is 0 Å². The fourth-order valence-corrected chi connectivity index (χ4v) is 3.73. The van der Waals surface area contributed by atoms with E-state index in [1.54, 1.807) is 4.90 Å². The van der Waals surface area contributed by atoms with Crippen LogP contribution in [-0.4, -0.2) is 45.0 Å². The molecular formula is C21H18ClF2N5O2. The zero-order chi connectivity index (χ0) is 22.1. The first-order chi connectivity index (χ1) is 14.9. The fourth-order valence-electron chi connectivity index (χ4n) is 3.57. The minimum Gasteiger partial charge on any atom is -0.488 e. The molecule has 1 aromatic carbocycles. The number of hydrogen-bond acceptors (Lipinski definition) is 6. The average Bonchev–Trinajstić information content (AvgIpc) is 2.78. The molecule has 1 amide bonds. The number of nitrogens with zero attached hydrogens (tertiary/aromatic N) is 4. The Bertz CT molecular complexity index is 1180. The second-order valence-corrected chi connectivity index (χ2v) is 7.40. The summed E-state index contributed by atoms with van der Waals surface area (Å²) < 4.78 is 34.3. The molecule has 10 heteroatoms. The summed E-state index contributed by atoms with van der Waals surface area (Å²) in [7, 11) is 0. The lowest BCUT2D eigenvalue weighted by atomic mass is 10.1. The van der Waals surface area contributed by atoms with E-state index in [0.717, 1.165) is 6.07 Å². The topological polar surface area (TPSA) is 94.2 Å². The molecule has 1 aliphatic heterocycles. The van der Waals surface area contributed by atoms with Crippen molar-refractivity contribution in [2.45, 2.75) is 18.9 Å². The molecule has 1 aliphatic rings. The average molecular weight is 446 g/mol. The number of pyridine rings is 1. The number of piperidine rings is 1. The first-order valence-electron chi connectivity index (χ1n) is 9.51. The lowest BCUT2D eigenvalue weighted by Crippen LogP contribution is -2.41. The molecule has 0 aliphatic carbocycles. The third-order valence-corrected chi connectivity index (χ3v) is 5.52. The Balaban J connectivity index is 1.70. The maximum Gasteiger partial charge on any atom is 0.245 e. The number of anilines is 1. The van der Waals surface area contributed by atoms with Crippen LogP contribution in [0.5, 0.6) is 5.75 Å². The number of halogens is 3. The molecule has 3 aromatic rings. The normalized spacial score (nSPS) is 14.6. The van der Waals surface area contributed by atoms with Crippen LogP contribution in [0.4, 0.5) is 14.6 Å². The van der Waals surface area contributed by atoms with Gasteiger partial charge in [0.15, 0.2) is 11.6 Å². The number of rotatable bonds is 4. The molecule has 0 bridgehead atoms. The molecule has 1 saturated heterocycles. The SMILES string of the molecule is C=CC(=O)N1CCC(Oc2cnc(-c3ccc(F)c(Cl)c3F)c3ncnc(N)c23)CC1. The van der Waals surface area contributed by atoms with Gasteiger partial charge < -0.3 is 15.4 Å². The van der Waals surface area contributed by atoms with Crippen LogP contribution < -0.4 is 10.5 Å². The Morgan fingerprint density at radius 3 is 2.71 bits per heavy atom. The number of aromatic nitrogens is 3. The molecule has 1 fully saturated rings. The van der Waals surface area contributed by atoms with Gasteiger partial charge in [0, 0.05) is 31.5 Å². The Morgan fingerprint density at radius 2 is 2.00 bits per heavy atom. The van der Waals surface area contributed by atoms with E-state index in [1.165, 1.54) is 24.7 Å². The van der Waals surface area contributed by atoms with E-state index in [1.807, 2.05) is 0 Å². The number of hydrogen-bond donors (Lipinski definition) is 1. The number of benzene rings is 1. The lowest BCUT2D eigenvalue weighted by Gasteiger charge is -2.31. The summed E-state index contributed by atoms with van der Waals surface area (Å²) in [6.07, 6.45) is 4.97. The molecule has 31 heavy (non-hydrogen) atoms. The number of likely N-dealkylation sites (tertiary alicyclic amines) is 1. The van der Waals surface area contributed by atoms with Crippen LogP contribution in [0.15, 0.2) is 37.3 Å². The molecule has 7 nitrogen and oxygen atoms in total. The highest BCUT2D eigenvalue weighted by atomic mass is 35.5. The summed E-state index contributed by atoms with van der Waals surface area (Å²) in [5, 5.41) is -0.257. The van der Waals surface area contributed by atoms with Gasteiger partial charge in [0.05, 0.1) is 17.3 Å². The molecule has 0 saturated carbocycles. The van der Waals surface area contributed by atoms with Crippen molar-refractivity contribution in [2.75, 3.05) is 18.8 Å². The molecule has 160 valence electrons. The first-order valence-corrected chi connectivity index (χ1v) is 9.89. The number of nitrogens with two attached hydrogens (primary N) is 1. The Labute approximate surface area is 181 Å². The van der Waals surface area contributed by atoms with Crippen LogP contribution in [0.2, 0.25) is 5.02 Å². The number of ether oxygens (including phenoxy) is 1. The number of carbonyl (C=O) groups is 1. The van der Waals surface area contributed by atoms with E-state index in [2.05, 4.69) is 21.5 Å². The van der Waals surface area contributed by atoms with Crippen molar-refractivity contribution in [3.8, 4) is 17.0 Å². The maximum atomic E-state index is 14.6. The molecule has 0 unspecified atom stereocenters. The van der Waals surface area contributed by atoms with E-state index in [9.17, 15) is 13.6 Å². The third kappa shape index (κ3) is 3.88. The molecule has 2 aromatic heterocycles. The molecule has 0 atom stereocenters. The van der Waals surface area contributed by atoms with Crippen molar-refractivity contribution < 1.29 is 18.3 Å². The monoisotopic (exact) mass is 445 g/mol. The molecule has 0 radical (unpaired) electrons. The van der Waals surface area contributed by atoms with Gasteiger partial charge in [0.2, 0.25) is 5.91 Å². The lowest BCUT2D eigenvalue weighted by molar-refractivity contribution is -0.127. The number of fused-ring (bicyclic) bond motifs is 1. The van der Waals surface area contributed by atoms with E-state index < -0.39 is 16.7 Å². The van der Waals surface area contributed by atoms with Gasteiger partial charge in [-0.25, -0.2) is 23.7 Å². The van der Waals surface area contributed by atoms with E-state index in [-0.39, 0.29) is 34.6 Å². The van der Waals surface area contributed by atoms with E-state index >= 15 is 0 Å². The van der Waals surface area contributed by atoms with Gasteiger partial charge in [0.25, 0.3) is 0 Å². The molecular weight excluding hydrogens is 428 g/mol. The van der Waals surface area contributed by atoms with Gasteiger partial charge in [-0.3, -0.25) is 4.79 Å². The summed E-state index contributed by atoms with van der Waals surface area (Å²) >= 11 is 5.73. The first kappa shape index (κ1) is 20.9. The van der Waals surface area contributed by atoms with Crippen molar-refractivity contribution >= 4 is 34.2 Å². The van der Waals surface area contributed by atoms with Gasteiger partial charge in [-0.15, -0.1) is 0 Å². The van der Waals surface area contributed by atoms with E-state index in [4.69, 9.17) is 22.1 Å². The van der Waals surface area contributed by atoms with Gasteiger partial charge in [-0.05, 0) is 18.2 Å². The highest BCUT2D eigenvalue weighted by molar-refractivity contribution is 6.31. The van der Waals surface area contributed by atoms with Crippen LogP contribution in [0.1, 0.15) is 12.8 Å². The predicted octanol–water partition coefficient (Wildman–Crippen LogP) is 3.76. The fraction of sp³-hybridized carbons (Fsp3) is 0.238. The van der Waals surface area contributed by atoms with Gasteiger partial charge in [-0.1, -0.05) is 18.2 Å². The standard InChI is InChI=1S/C21H18ClF2N5O2/c1-2-15(30)29-7-5-11(6-8-29)31-14-9-26-19(20-16(14)21(25)28-10-27-20)12-3-4-13(23)17(22)18(12)24/h2-4,9-11H,1,5-8H2,(H2,25,27,28). The van der Waals surface area contributed by atoms with Crippen LogP contribution in [0.3, 0.4) is 0 Å². The summed E-state index contributed by atoms with van der Waals surface area (Å²) in [5.74, 6) is -1.45. The zero-order valence-corrected chi connectivity index (χ0v) is 17.1. The van der Waals surface area contributed by atoms with Crippen LogP contribution in [0.25, 0.3) is 22.2 Å². The van der Waals surface area contributed by atoms with Gasteiger partial charge >= 0.3 is 0 Å². The highest BCUT2D eigenvalue weighted by Gasteiger charge is 2.25. The van der Waals surface area contributed by atoms with Crippen molar-refractivity contribution in [3.63, 3.8) is 0 Å². The maximum absolute atomic E-state index is 14.6. The van der Waals surface area contributed by atoms with Gasteiger partial charge in [-0.2, -0.15) is 0 Å². The van der Waals surface area contributed by atoms with E-state index in [0.29, 0.717) is 37.1 Å². The number of amides is 1. The van der Waals surface area contributed by atoms with Crippen molar-refractivity contribution in [2.24, 2.45) is 0 Å². The summed E-state index contributed by atoms with van der Waals surface area (Å²) in [6, 6.07) is 2.30. The van der Waals surface area contributed by atoms with Crippen LogP contribution in [-0.2, 0) is 4.79 Å². The smallest absolute Gasteiger partial charge is 0.245 e. The second kappa shape index (κ2) is 8.43. The molecule has 2 N–H and O–H groups in total. The second-order valence-electron chi connectivity index (χ2n) is 7.02. The highest BCUT2D eigenvalue weighted by Crippen LogP contribution is 2.37. The summed E-state index contributed by atoms with van der Waals surface area (Å²) in [5.41, 5.74) is 6.46. The predicted molar refractivity (Wildman–Crippen MR) is 113 cm³/mol. The molecule has 4 rings (SSSR count). The van der Waals surface area contributed by atoms with Crippen molar-refractivity contribution in [3.05, 3.63) is 54.0 Å². The quantitative estimate of drug-likeness (QED) is 0.485. The Kier molecular flexibility index (Phi) is 5.69. The minimum atomic E-state index is -0.944. The molecule has 3 heterocycles. The third-order valence-electron chi connectivity index (χ3n) is 5.17. The minimum absolute atomic E-state index is 0.0164. The Hall–Kier alpha value is -3.33. The summed E-state index contributed by atoms with van der Waals surface area (Å²) in [4.78, 5) is 26.0. The number of nitrogen functional groups attached to an aromatic ring is 1. The largest absolute Gasteiger partial charge is 0.488 e. The Morgan fingerprint density at radius 1 is 1.26 bits per heavy atom. The van der Waals surface area contributed by atoms with Crippen LogP contribution in [0, 0.1) is 11.6 Å². The zero-order valence-electron chi connectivity index (χ0n) is 16.3.